The van der Waals surface area contributed by atoms with Crippen LogP contribution in [-0.4, -0.2) is 25.8 Å². The van der Waals surface area contributed by atoms with E-state index in [1.807, 2.05) is 0 Å². The van der Waals surface area contributed by atoms with Gasteiger partial charge in [0, 0.05) is 8.41 Å². The topological polar surface area (TPSA) is 0 Å². The third kappa shape index (κ3) is 167. The second-order valence-electron chi connectivity index (χ2n) is 0. The van der Waals surface area contributed by atoms with Crippen molar-refractivity contribution in [3.63, 3.8) is 0 Å². The summed E-state index contributed by atoms with van der Waals surface area (Å²) in [5.41, 5.74) is 0. The summed E-state index contributed by atoms with van der Waals surface area (Å²) in [5, 5.41) is 0. The molecule has 0 rings (SSSR count). The zero-order valence-corrected chi connectivity index (χ0v) is 3.44. The predicted molar refractivity (Wildman–Crippen MR) is 11.5 cm³/mol. The van der Waals surface area contributed by atoms with Crippen LogP contribution in [0, 0.1) is 0 Å². The molecule has 0 aliphatic rings. The molecule has 0 saturated carbocycles. The van der Waals surface area contributed by atoms with Crippen molar-refractivity contribution >= 4 is 25.8 Å². The molecule has 0 nitrogen and oxygen atoms in total. The predicted octanol–water partition coefficient (Wildman–Crippen LogP) is -9.75. The van der Waals surface area contributed by atoms with Gasteiger partial charge in [-0.2, -0.15) is 0 Å². The fourth-order valence-electron chi connectivity index (χ4n) is 0. The Morgan fingerprint density at radius 3 is 0.600 bits per heavy atom. The third-order valence-electron chi connectivity index (χ3n) is 0. The van der Waals surface area contributed by atoms with Crippen molar-refractivity contribution in [1.29, 1.82) is 0 Å². The molecule has 0 unspecified atom stereocenters. The van der Waals surface area contributed by atoms with Crippen LogP contribution in [0.15, 0.2) is 0 Å². The largest absolute Gasteiger partial charge is 3.00 e. The first-order chi connectivity index (χ1) is 0. The van der Waals surface area contributed by atoms with Crippen LogP contribution in [0.3, 0.4) is 0 Å². The van der Waals surface area contributed by atoms with Crippen molar-refractivity contribution in [2.75, 3.05) is 0 Å². The normalized spacial score (nSPS) is 0. The molecule has 0 fully saturated rings. The van der Waals surface area contributed by atoms with Gasteiger partial charge in [0.15, 0.2) is 0 Å². The van der Waals surface area contributed by atoms with Crippen molar-refractivity contribution in [2.45, 2.75) is 0 Å². The van der Waals surface area contributed by atoms with E-state index in [1.165, 1.54) is 0 Å². The first-order valence-electron chi connectivity index (χ1n) is 0. The summed E-state index contributed by atoms with van der Waals surface area (Å²) in [7, 11) is 0. The molecule has 0 atom stereocenters. The Morgan fingerprint density at radius 1 is 0.600 bits per heavy atom. The molecule has 3 radical (unpaired) electrons. The van der Waals surface area contributed by atoms with Gasteiger partial charge in [-0.1, -0.05) is 0 Å². The molecule has 27 valence electrons. The Hall–Kier alpha value is 0.387. The molecule has 0 aliphatic carbocycles. The molecule has 5 heteroatoms. The summed E-state index contributed by atoms with van der Waals surface area (Å²) in [6, 6.07) is 0. The van der Waals surface area contributed by atoms with Gasteiger partial charge in [-0.3, -0.25) is 0 Å². The van der Waals surface area contributed by atoms with E-state index in [0.29, 0.717) is 0 Å². The summed E-state index contributed by atoms with van der Waals surface area (Å²) in [5.74, 6) is 0. The van der Waals surface area contributed by atoms with E-state index in [4.69, 9.17) is 0 Å². The first kappa shape index (κ1) is 691. The summed E-state index contributed by atoms with van der Waals surface area (Å²) >= 11 is 0. The minimum atomic E-state index is 0. The Bertz CT molecular complexity index is 6.85. The molecule has 0 amide bonds. The van der Waals surface area contributed by atoms with Crippen LogP contribution < -0.4 is 14.1 Å². The van der Waals surface area contributed by atoms with E-state index in [9.17, 15) is 0 Å². The molecule has 0 heterocycles. The maximum Gasteiger partial charge on any atom is 3.00 e. The minimum absolute atomic E-state index is 0. The second kappa shape index (κ2) is 335. The van der Waals surface area contributed by atoms with Gasteiger partial charge in [0.2, 0.25) is 0 Å². The minimum Gasteiger partial charge on any atom is -1.00 e. The van der Waals surface area contributed by atoms with Crippen molar-refractivity contribution in [2.24, 2.45) is 0 Å². The van der Waals surface area contributed by atoms with E-state index in [1.54, 1.807) is 0 Å². The second-order valence-corrected chi connectivity index (χ2v) is 0. The number of halogens is 3. The van der Waals surface area contributed by atoms with Crippen molar-refractivity contribution in [1.82, 2.24) is 0 Å². The first-order valence-corrected chi connectivity index (χ1v) is 0. The molecule has 5 heavy (non-hydrogen) atoms. The average molecular weight is 94.8 g/mol. The molecule has 0 aromatic heterocycles. The van der Waals surface area contributed by atoms with Crippen molar-refractivity contribution in [3.05, 3.63) is 0 Å². The number of hydrogen-bond donors (Lipinski definition) is 0. The van der Waals surface area contributed by atoms with Gasteiger partial charge in [0.05, 0.1) is 0 Å². The molecular weight excluding hydrogens is 94.8 g/mol. The van der Waals surface area contributed by atoms with Crippen molar-refractivity contribution in [3.8, 4) is 0 Å². The number of hydrogen-bond acceptors (Lipinski definition) is 0. The molecule has 0 saturated heterocycles. The monoisotopic (exact) mass is 95.0 g/mol. The zero-order valence-electron chi connectivity index (χ0n) is 2.29. The third-order valence-corrected chi connectivity index (χ3v) is 0. The van der Waals surface area contributed by atoms with E-state index in [2.05, 4.69) is 0 Å². The van der Waals surface area contributed by atoms with Gasteiger partial charge in [-0.15, -0.1) is 0 Å². The Balaban J connectivity index is 0. The Morgan fingerprint density at radius 2 is 0.600 bits per heavy atom. The smallest absolute Gasteiger partial charge is 1.00 e. The Labute approximate surface area is 40.8 Å². The average Bonchev–Trinajstić information content (AvgIpc) is 0. The summed E-state index contributed by atoms with van der Waals surface area (Å²) in [6.45, 7) is 0. The van der Waals surface area contributed by atoms with Crippen molar-refractivity contribution < 1.29 is 14.1 Å². The van der Waals surface area contributed by atoms with Crippen LogP contribution in [0.2, 0.25) is 0 Å². The van der Waals surface area contributed by atoms with E-state index in [0.717, 1.165) is 0 Å². The molecule has 0 aromatic rings. The van der Waals surface area contributed by atoms with E-state index < -0.39 is 0 Å². The summed E-state index contributed by atoms with van der Waals surface area (Å²) < 4.78 is 0. The quantitative estimate of drug-likeness (QED) is 0.262. The molecule has 0 aromatic carbocycles. The van der Waals surface area contributed by atoms with Gasteiger partial charge in [0.1, 0.15) is 0 Å². The standard InChI is InChI=1S/Al.B.3FH/h;;3*1H/q+3;;;;/p-3. The van der Waals surface area contributed by atoms with E-state index in [-0.39, 0.29) is 39.9 Å². The maximum atomic E-state index is 0. The van der Waals surface area contributed by atoms with Crippen LogP contribution >= 0.6 is 0 Å². The molecule has 0 spiro atoms. The van der Waals surface area contributed by atoms with Crippen LogP contribution in [-0.2, 0) is 0 Å². The van der Waals surface area contributed by atoms with Gasteiger partial charge < -0.3 is 14.1 Å². The fraction of sp³-hybridized carbons (Fsp3) is 0. The molecule has 0 bridgehead atoms. The fourth-order valence-corrected chi connectivity index (χ4v) is 0. The van der Waals surface area contributed by atoms with Crippen LogP contribution in [0.5, 0.6) is 0 Å². The molecule has 0 aliphatic heterocycles. The van der Waals surface area contributed by atoms with E-state index >= 15 is 0 Å². The summed E-state index contributed by atoms with van der Waals surface area (Å²) in [6.07, 6.45) is 0. The molecule has 0 N–H and O–H groups in total. The van der Waals surface area contributed by atoms with Crippen LogP contribution in [0.25, 0.3) is 0 Å². The van der Waals surface area contributed by atoms with Crippen LogP contribution in [0.1, 0.15) is 0 Å². The zero-order chi connectivity index (χ0) is 0. The van der Waals surface area contributed by atoms with Gasteiger partial charge >= 0.3 is 17.4 Å². The van der Waals surface area contributed by atoms with Gasteiger partial charge in [-0.05, 0) is 0 Å². The Kier molecular flexibility index (Phi) is 46400. The number of rotatable bonds is 0. The van der Waals surface area contributed by atoms with Crippen LogP contribution in [0.4, 0.5) is 0 Å². The molecular formula is AlBF3. The van der Waals surface area contributed by atoms with Gasteiger partial charge in [-0.25, -0.2) is 0 Å². The van der Waals surface area contributed by atoms with Gasteiger partial charge in [0.25, 0.3) is 0 Å². The maximum absolute atomic E-state index is 0. The summed E-state index contributed by atoms with van der Waals surface area (Å²) in [4.78, 5) is 0. The SMILES string of the molecule is [Al+3].[B].[F-].[F-].[F-].